The topological polar surface area (TPSA) is 72.2 Å². The first-order valence-electron chi connectivity index (χ1n) is 6.62. The highest BCUT2D eigenvalue weighted by Crippen LogP contribution is 2.37. The van der Waals surface area contributed by atoms with Crippen molar-refractivity contribution in [2.75, 3.05) is 37.9 Å². The Morgan fingerprint density at radius 2 is 2.37 bits per heavy atom. The molecule has 1 fully saturated rings. The average Bonchev–Trinajstić information content (AvgIpc) is 3.02. The van der Waals surface area contributed by atoms with Crippen LogP contribution >= 0.6 is 11.8 Å². The Kier molecular flexibility index (Phi) is 5.47. The average molecular weight is 286 g/mol. The molecular formula is C12H22N4O2S. The third-order valence-electron chi connectivity index (χ3n) is 3.14. The number of thioether (sulfide) groups is 1. The summed E-state index contributed by atoms with van der Waals surface area (Å²) in [6.45, 7) is 5.17. The highest BCUT2D eigenvalue weighted by molar-refractivity contribution is 8.00. The summed E-state index contributed by atoms with van der Waals surface area (Å²) in [5.41, 5.74) is 0. The Morgan fingerprint density at radius 1 is 1.47 bits per heavy atom. The van der Waals surface area contributed by atoms with Crippen molar-refractivity contribution in [1.82, 2.24) is 15.5 Å². The predicted molar refractivity (Wildman–Crippen MR) is 76.5 cm³/mol. The smallest absolute Gasteiger partial charge is 0.315 e. The summed E-state index contributed by atoms with van der Waals surface area (Å²) in [7, 11) is 1.68. The van der Waals surface area contributed by atoms with Crippen LogP contribution in [0.25, 0.3) is 0 Å². The molecule has 2 heterocycles. The Balaban J connectivity index is 1.71. The molecule has 1 atom stereocenters. The van der Waals surface area contributed by atoms with Crippen molar-refractivity contribution in [3.63, 3.8) is 0 Å². The molecule has 1 aromatic heterocycles. The highest BCUT2D eigenvalue weighted by atomic mass is 32.2. The lowest BCUT2D eigenvalue weighted by atomic mass is 10.1. The Bertz CT molecular complexity index is 380. The van der Waals surface area contributed by atoms with Gasteiger partial charge in [0.2, 0.25) is 5.89 Å². The van der Waals surface area contributed by atoms with Crippen LogP contribution in [0.1, 0.15) is 25.7 Å². The van der Waals surface area contributed by atoms with Gasteiger partial charge >= 0.3 is 6.01 Å². The van der Waals surface area contributed by atoms with Gasteiger partial charge in [0.25, 0.3) is 0 Å². The monoisotopic (exact) mass is 286 g/mol. The van der Waals surface area contributed by atoms with Crippen molar-refractivity contribution in [2.24, 2.45) is 0 Å². The fraction of sp³-hybridized carbons (Fsp3) is 0.833. The molecule has 0 amide bonds. The third-order valence-corrected chi connectivity index (χ3v) is 4.68. The molecule has 19 heavy (non-hydrogen) atoms. The van der Waals surface area contributed by atoms with Gasteiger partial charge in [0.05, 0.1) is 13.2 Å². The number of nitrogens with zero attached hydrogens (tertiary/aromatic N) is 2. The summed E-state index contributed by atoms with van der Waals surface area (Å²) in [6, 6.07) is 0.511. The van der Waals surface area contributed by atoms with Crippen LogP contribution < -0.4 is 10.6 Å². The van der Waals surface area contributed by atoms with Crippen LogP contribution in [0.5, 0.6) is 0 Å². The van der Waals surface area contributed by atoms with Crippen molar-refractivity contribution in [3.8, 4) is 0 Å². The molecule has 6 nitrogen and oxygen atoms in total. The van der Waals surface area contributed by atoms with E-state index in [1.54, 1.807) is 7.11 Å². The third kappa shape index (κ3) is 4.67. The van der Waals surface area contributed by atoms with Crippen LogP contribution in [0.4, 0.5) is 6.01 Å². The molecule has 0 bridgehead atoms. The van der Waals surface area contributed by atoms with Gasteiger partial charge in [0, 0.05) is 24.9 Å². The second-order valence-electron chi connectivity index (χ2n) is 4.93. The van der Waals surface area contributed by atoms with E-state index in [1.807, 2.05) is 11.8 Å². The molecule has 2 rings (SSSR count). The van der Waals surface area contributed by atoms with Gasteiger partial charge in [-0.2, -0.15) is 11.8 Å². The predicted octanol–water partition coefficient (Wildman–Crippen LogP) is 1.50. The van der Waals surface area contributed by atoms with E-state index >= 15 is 0 Å². The second kappa shape index (κ2) is 7.12. The minimum absolute atomic E-state index is 0.297. The standard InChI is InChI=1S/C12H22N4O2S/c1-12(4-3-7-19-12)9-14-11-16-15-10(18-11)8-13-5-6-17-2/h13H,3-9H2,1-2H3,(H,14,16). The van der Waals surface area contributed by atoms with Gasteiger partial charge < -0.3 is 19.8 Å². The van der Waals surface area contributed by atoms with Crippen LogP contribution in [0.3, 0.4) is 0 Å². The van der Waals surface area contributed by atoms with Crippen LogP contribution in [-0.2, 0) is 11.3 Å². The van der Waals surface area contributed by atoms with Crippen LogP contribution in [0.15, 0.2) is 4.42 Å². The van der Waals surface area contributed by atoms with Crippen molar-refractivity contribution < 1.29 is 9.15 Å². The van der Waals surface area contributed by atoms with Crippen molar-refractivity contribution in [1.29, 1.82) is 0 Å². The van der Waals surface area contributed by atoms with E-state index in [-0.39, 0.29) is 0 Å². The molecule has 1 aromatic rings. The number of hydrogen-bond acceptors (Lipinski definition) is 7. The summed E-state index contributed by atoms with van der Waals surface area (Å²) in [5, 5.41) is 14.4. The van der Waals surface area contributed by atoms with E-state index < -0.39 is 0 Å². The first-order valence-corrected chi connectivity index (χ1v) is 7.60. The van der Waals surface area contributed by atoms with Crippen LogP contribution in [0.2, 0.25) is 0 Å². The normalized spacial score (nSPS) is 22.8. The van der Waals surface area contributed by atoms with Gasteiger partial charge in [0.15, 0.2) is 0 Å². The minimum atomic E-state index is 0.297. The van der Waals surface area contributed by atoms with E-state index in [0.29, 0.717) is 29.8 Å². The number of ether oxygens (including phenoxy) is 1. The molecule has 1 aliphatic rings. The van der Waals surface area contributed by atoms with Crippen molar-refractivity contribution in [3.05, 3.63) is 5.89 Å². The van der Waals surface area contributed by atoms with Gasteiger partial charge in [-0.3, -0.25) is 0 Å². The Hall–Kier alpha value is -0.790. The maximum absolute atomic E-state index is 5.52. The molecular weight excluding hydrogens is 264 g/mol. The largest absolute Gasteiger partial charge is 0.407 e. The van der Waals surface area contributed by atoms with Crippen LogP contribution in [-0.4, -0.2) is 47.5 Å². The summed E-state index contributed by atoms with van der Waals surface area (Å²) < 4.78 is 10.8. The molecule has 7 heteroatoms. The summed E-state index contributed by atoms with van der Waals surface area (Å²) in [6.07, 6.45) is 2.53. The molecule has 1 unspecified atom stereocenters. The zero-order chi connectivity index (χ0) is 13.6. The minimum Gasteiger partial charge on any atom is -0.407 e. The highest BCUT2D eigenvalue weighted by Gasteiger charge is 2.29. The summed E-state index contributed by atoms with van der Waals surface area (Å²) in [4.78, 5) is 0. The Morgan fingerprint density at radius 3 is 3.11 bits per heavy atom. The number of aromatic nitrogens is 2. The molecule has 108 valence electrons. The fourth-order valence-corrected chi connectivity index (χ4v) is 3.25. The number of rotatable bonds is 8. The first-order chi connectivity index (χ1) is 9.22. The van der Waals surface area contributed by atoms with E-state index in [4.69, 9.17) is 9.15 Å². The zero-order valence-electron chi connectivity index (χ0n) is 11.6. The molecule has 0 spiro atoms. The maximum Gasteiger partial charge on any atom is 0.315 e. The molecule has 0 radical (unpaired) electrons. The maximum atomic E-state index is 5.52. The molecule has 2 N–H and O–H groups in total. The summed E-state index contributed by atoms with van der Waals surface area (Å²) in [5.74, 6) is 1.85. The van der Waals surface area contributed by atoms with Crippen LogP contribution in [0, 0.1) is 0 Å². The summed E-state index contributed by atoms with van der Waals surface area (Å²) >= 11 is 2.01. The molecule has 0 aromatic carbocycles. The van der Waals surface area contributed by atoms with Gasteiger partial charge in [-0.25, -0.2) is 0 Å². The fourth-order valence-electron chi connectivity index (χ4n) is 2.00. The van der Waals surface area contributed by atoms with Crippen molar-refractivity contribution >= 4 is 17.8 Å². The van der Waals surface area contributed by atoms with Gasteiger partial charge in [-0.1, -0.05) is 5.10 Å². The zero-order valence-corrected chi connectivity index (χ0v) is 12.4. The lowest BCUT2D eigenvalue weighted by Crippen LogP contribution is -2.27. The molecule has 0 aliphatic carbocycles. The molecule has 1 aliphatic heterocycles. The Labute approximate surface area is 118 Å². The lowest BCUT2D eigenvalue weighted by Gasteiger charge is -2.21. The number of methoxy groups -OCH3 is 1. The van der Waals surface area contributed by atoms with Gasteiger partial charge in [-0.05, 0) is 25.5 Å². The van der Waals surface area contributed by atoms with E-state index in [0.717, 1.165) is 13.1 Å². The SMILES string of the molecule is COCCNCc1nnc(NCC2(C)CCCS2)o1. The van der Waals surface area contributed by atoms with E-state index in [2.05, 4.69) is 27.8 Å². The quantitative estimate of drug-likeness (QED) is 0.702. The lowest BCUT2D eigenvalue weighted by molar-refractivity contribution is 0.198. The first kappa shape index (κ1) is 14.6. The number of hydrogen-bond donors (Lipinski definition) is 2. The molecule has 1 saturated heterocycles. The van der Waals surface area contributed by atoms with Gasteiger partial charge in [-0.15, -0.1) is 5.10 Å². The second-order valence-corrected chi connectivity index (χ2v) is 6.61. The number of anilines is 1. The van der Waals surface area contributed by atoms with E-state index in [9.17, 15) is 0 Å². The molecule has 0 saturated carbocycles. The van der Waals surface area contributed by atoms with Crippen molar-refractivity contribution in [2.45, 2.75) is 31.1 Å². The number of nitrogens with one attached hydrogen (secondary N) is 2. The van der Waals surface area contributed by atoms with E-state index in [1.165, 1.54) is 18.6 Å². The van der Waals surface area contributed by atoms with Gasteiger partial charge in [0.1, 0.15) is 0 Å².